The van der Waals surface area contributed by atoms with Crippen molar-refractivity contribution in [3.63, 3.8) is 0 Å². The molecule has 1 atom stereocenters. The molecule has 0 spiro atoms. The zero-order valence-electron chi connectivity index (χ0n) is 17.2. The van der Waals surface area contributed by atoms with Gasteiger partial charge in [-0.1, -0.05) is 35.2 Å². The van der Waals surface area contributed by atoms with Gasteiger partial charge in [-0.25, -0.2) is 4.98 Å². The molecule has 31 heavy (non-hydrogen) atoms. The summed E-state index contributed by atoms with van der Waals surface area (Å²) in [6.45, 7) is 3.21. The van der Waals surface area contributed by atoms with Crippen LogP contribution in [0.15, 0.2) is 28.6 Å². The number of likely N-dealkylation sites (tertiary alicyclic amines) is 1. The molecule has 1 N–H and O–H groups in total. The number of nitrogens with zero attached hydrogens (tertiary/aromatic N) is 4. The molecular formula is C21H25N5O2S3. The fraction of sp³-hybridized carbons (Fsp3) is 0.524. The number of carbonyl (C=O) groups excluding carboxylic acids is 1. The monoisotopic (exact) mass is 475 g/mol. The number of ether oxygens (including phenoxy) is 1. The van der Waals surface area contributed by atoms with Crippen LogP contribution in [0.5, 0.6) is 0 Å². The van der Waals surface area contributed by atoms with E-state index in [0.717, 1.165) is 66.9 Å². The van der Waals surface area contributed by atoms with E-state index in [1.54, 1.807) is 11.3 Å². The summed E-state index contributed by atoms with van der Waals surface area (Å²) in [5, 5.41) is 13.7. The Balaban J connectivity index is 1.07. The third kappa shape index (κ3) is 5.19. The topological polar surface area (TPSA) is 80.2 Å². The highest BCUT2D eigenvalue weighted by atomic mass is 32.2. The second-order valence-corrected chi connectivity index (χ2v) is 11.1. The number of amides is 1. The number of thioether (sulfide) groups is 1. The lowest BCUT2D eigenvalue weighted by Crippen LogP contribution is -2.38. The first-order valence-corrected chi connectivity index (χ1v) is 13.3. The van der Waals surface area contributed by atoms with Gasteiger partial charge in [0.25, 0.3) is 0 Å². The van der Waals surface area contributed by atoms with Crippen LogP contribution >= 0.6 is 34.4 Å². The molecule has 164 valence electrons. The Morgan fingerprint density at radius 1 is 1.19 bits per heavy atom. The molecule has 0 aliphatic carbocycles. The average molecular weight is 476 g/mol. The summed E-state index contributed by atoms with van der Waals surface area (Å²) in [6.07, 6.45) is 4.45. The Labute approximate surface area is 193 Å². The fourth-order valence-electron chi connectivity index (χ4n) is 4.00. The molecular weight excluding hydrogens is 450 g/mol. The number of piperidine rings is 1. The molecule has 2 fully saturated rings. The highest BCUT2D eigenvalue weighted by Gasteiger charge is 2.26. The lowest BCUT2D eigenvalue weighted by atomic mass is 9.97. The van der Waals surface area contributed by atoms with E-state index in [1.165, 1.54) is 32.8 Å². The van der Waals surface area contributed by atoms with Gasteiger partial charge in [-0.15, -0.1) is 21.5 Å². The summed E-state index contributed by atoms with van der Waals surface area (Å²) in [6, 6.07) is 8.29. The Morgan fingerprint density at radius 3 is 2.87 bits per heavy atom. The number of benzene rings is 1. The van der Waals surface area contributed by atoms with Gasteiger partial charge in [-0.2, -0.15) is 0 Å². The van der Waals surface area contributed by atoms with Crippen LogP contribution in [0.4, 0.5) is 5.13 Å². The number of para-hydroxylation sites is 1. The number of aromatic nitrogens is 3. The minimum atomic E-state index is 0.178. The summed E-state index contributed by atoms with van der Waals surface area (Å²) < 4.78 is 7.68. The van der Waals surface area contributed by atoms with E-state index in [0.29, 0.717) is 11.7 Å². The van der Waals surface area contributed by atoms with Crippen molar-refractivity contribution in [1.29, 1.82) is 0 Å². The lowest BCUT2D eigenvalue weighted by molar-refractivity contribution is -0.129. The number of hydrogen-bond donors (Lipinski definition) is 1. The van der Waals surface area contributed by atoms with Gasteiger partial charge in [0.15, 0.2) is 4.34 Å². The van der Waals surface area contributed by atoms with Crippen molar-refractivity contribution < 1.29 is 9.53 Å². The molecule has 0 saturated carbocycles. The van der Waals surface area contributed by atoms with E-state index in [9.17, 15) is 4.79 Å². The Kier molecular flexibility index (Phi) is 6.68. The molecule has 1 aromatic carbocycles. The smallest absolute Gasteiger partial charge is 0.233 e. The Morgan fingerprint density at radius 2 is 2.06 bits per heavy atom. The summed E-state index contributed by atoms with van der Waals surface area (Å²) in [4.78, 5) is 19.5. The van der Waals surface area contributed by atoms with E-state index in [2.05, 4.69) is 33.7 Å². The number of fused-ring (bicyclic) bond motifs is 1. The molecule has 2 aliphatic rings. The van der Waals surface area contributed by atoms with Gasteiger partial charge in [0.1, 0.15) is 0 Å². The number of anilines is 1. The predicted molar refractivity (Wildman–Crippen MR) is 126 cm³/mol. The Bertz CT molecular complexity index is 992. The van der Waals surface area contributed by atoms with E-state index in [1.807, 2.05) is 11.0 Å². The predicted octanol–water partition coefficient (Wildman–Crippen LogP) is 4.24. The van der Waals surface area contributed by atoms with Gasteiger partial charge in [0.2, 0.25) is 11.0 Å². The Hall–Kier alpha value is -1.75. The van der Waals surface area contributed by atoms with Crippen LogP contribution in [0, 0.1) is 0 Å². The van der Waals surface area contributed by atoms with Gasteiger partial charge in [0, 0.05) is 32.2 Å². The fourth-order valence-corrected chi connectivity index (χ4v) is 6.80. The highest BCUT2D eigenvalue weighted by molar-refractivity contribution is 8.01. The zero-order chi connectivity index (χ0) is 21.0. The lowest BCUT2D eigenvalue weighted by Gasteiger charge is -2.31. The van der Waals surface area contributed by atoms with Crippen LogP contribution < -0.4 is 5.32 Å². The quantitative estimate of drug-likeness (QED) is 0.512. The largest absolute Gasteiger partial charge is 0.376 e. The van der Waals surface area contributed by atoms with Crippen LogP contribution in [0.1, 0.15) is 36.6 Å². The van der Waals surface area contributed by atoms with Crippen molar-refractivity contribution >= 4 is 55.7 Å². The van der Waals surface area contributed by atoms with Gasteiger partial charge in [0.05, 0.1) is 27.1 Å². The maximum absolute atomic E-state index is 12.7. The zero-order valence-corrected chi connectivity index (χ0v) is 19.6. The van der Waals surface area contributed by atoms with E-state index < -0.39 is 0 Å². The first-order valence-electron chi connectivity index (χ1n) is 10.7. The van der Waals surface area contributed by atoms with Crippen LogP contribution in [0.3, 0.4) is 0 Å². The third-order valence-electron chi connectivity index (χ3n) is 5.74. The second kappa shape index (κ2) is 9.81. The molecule has 10 heteroatoms. The highest BCUT2D eigenvalue weighted by Crippen LogP contribution is 2.34. The van der Waals surface area contributed by atoms with Crippen molar-refractivity contribution in [3.8, 4) is 0 Å². The molecule has 3 aromatic rings. The average Bonchev–Trinajstić information content (AvgIpc) is 3.56. The standard InChI is InChI=1S/C21H25N5O2S3/c27-18(13-29-21-25-24-20(31-21)22-12-15-4-3-11-28-15)26-9-7-14(8-10-26)19-23-16-5-1-2-6-17(16)30-19/h1-2,5-6,14-15H,3-4,7-13H2,(H,22,24). The van der Waals surface area contributed by atoms with E-state index >= 15 is 0 Å². The molecule has 1 unspecified atom stereocenters. The van der Waals surface area contributed by atoms with Crippen LogP contribution in [0.25, 0.3) is 10.2 Å². The number of carbonyl (C=O) groups is 1. The summed E-state index contributed by atoms with van der Waals surface area (Å²) in [7, 11) is 0. The van der Waals surface area contributed by atoms with Crippen molar-refractivity contribution in [2.24, 2.45) is 0 Å². The molecule has 7 nitrogen and oxygen atoms in total. The van der Waals surface area contributed by atoms with Crippen LogP contribution in [-0.4, -0.2) is 64.1 Å². The third-order valence-corrected chi connectivity index (χ3v) is 8.94. The maximum Gasteiger partial charge on any atom is 0.233 e. The number of hydrogen-bond acceptors (Lipinski definition) is 9. The maximum atomic E-state index is 12.7. The molecule has 2 aromatic heterocycles. The summed E-state index contributed by atoms with van der Waals surface area (Å²) in [5.41, 5.74) is 1.08. The second-order valence-electron chi connectivity index (χ2n) is 7.85. The van der Waals surface area contributed by atoms with E-state index in [4.69, 9.17) is 9.72 Å². The number of rotatable bonds is 7. The normalized spacial score (nSPS) is 19.9. The van der Waals surface area contributed by atoms with Crippen molar-refractivity contribution in [1.82, 2.24) is 20.1 Å². The van der Waals surface area contributed by atoms with Gasteiger partial charge in [-0.05, 0) is 37.8 Å². The van der Waals surface area contributed by atoms with Crippen LogP contribution in [-0.2, 0) is 9.53 Å². The van der Waals surface area contributed by atoms with Crippen molar-refractivity contribution in [2.45, 2.75) is 42.0 Å². The number of thiazole rings is 1. The van der Waals surface area contributed by atoms with Crippen molar-refractivity contribution in [3.05, 3.63) is 29.3 Å². The molecule has 2 saturated heterocycles. The minimum absolute atomic E-state index is 0.178. The first-order chi connectivity index (χ1) is 15.2. The van der Waals surface area contributed by atoms with Crippen molar-refractivity contribution in [2.75, 3.05) is 37.3 Å². The minimum Gasteiger partial charge on any atom is -0.376 e. The van der Waals surface area contributed by atoms with Crippen LogP contribution in [0.2, 0.25) is 0 Å². The summed E-state index contributed by atoms with van der Waals surface area (Å²) in [5.74, 6) is 1.04. The number of nitrogens with one attached hydrogen (secondary N) is 1. The van der Waals surface area contributed by atoms with E-state index in [-0.39, 0.29) is 12.0 Å². The molecule has 1 amide bonds. The summed E-state index contributed by atoms with van der Waals surface area (Å²) >= 11 is 4.76. The molecule has 5 rings (SSSR count). The molecule has 0 radical (unpaired) electrons. The SMILES string of the molecule is O=C(CSc1nnc(NCC2CCCO2)s1)N1CCC(c2nc3ccccc3s2)CC1. The molecule has 0 bridgehead atoms. The molecule has 4 heterocycles. The van der Waals surface area contributed by atoms with Gasteiger partial charge < -0.3 is 15.0 Å². The molecule has 2 aliphatic heterocycles. The van der Waals surface area contributed by atoms with Gasteiger partial charge in [-0.3, -0.25) is 4.79 Å². The first kappa shape index (κ1) is 21.1. The van der Waals surface area contributed by atoms with Gasteiger partial charge >= 0.3 is 0 Å².